The third kappa shape index (κ3) is 5.77. The van der Waals surface area contributed by atoms with Crippen LogP contribution >= 0.6 is 0 Å². The Kier molecular flexibility index (Phi) is 6.22. The van der Waals surface area contributed by atoms with Gasteiger partial charge in [0.2, 0.25) is 10.0 Å². The maximum Gasteiger partial charge on any atom is 0.251 e. The van der Waals surface area contributed by atoms with Crippen LogP contribution in [0.5, 0.6) is 5.75 Å². The maximum atomic E-state index is 13.2. The quantitative estimate of drug-likeness (QED) is 0.789. The van der Waals surface area contributed by atoms with Crippen molar-refractivity contribution < 1.29 is 22.3 Å². The number of methoxy groups -OCH3 is 1. The van der Waals surface area contributed by atoms with E-state index < -0.39 is 27.3 Å². The van der Waals surface area contributed by atoms with Crippen molar-refractivity contribution >= 4 is 15.9 Å². The number of rotatable bonds is 6. The Bertz CT molecular complexity index is 937. The van der Waals surface area contributed by atoms with Gasteiger partial charge in [0.1, 0.15) is 16.5 Å². The standard InChI is InChI=1S/C19H23FN2O4S/c1-19(2,3)22-27(24,25)17-11-14(8-9-16(17)26-4)18(23)21-12-13-6-5-7-15(20)10-13/h5-11,22H,12H2,1-4H3,(H,21,23). The number of hydrogen-bond donors (Lipinski definition) is 2. The zero-order chi connectivity index (χ0) is 20.2. The second-order valence-electron chi connectivity index (χ2n) is 7.03. The normalized spacial score (nSPS) is 11.9. The summed E-state index contributed by atoms with van der Waals surface area (Å²) in [6.45, 7) is 5.26. The van der Waals surface area contributed by atoms with Crippen LogP contribution in [0, 0.1) is 5.82 Å². The second-order valence-corrected chi connectivity index (χ2v) is 8.68. The molecule has 0 aromatic heterocycles. The summed E-state index contributed by atoms with van der Waals surface area (Å²) in [7, 11) is -2.54. The fourth-order valence-corrected chi connectivity index (χ4v) is 4.03. The van der Waals surface area contributed by atoms with Crippen molar-refractivity contribution in [3.63, 3.8) is 0 Å². The van der Waals surface area contributed by atoms with Gasteiger partial charge in [0, 0.05) is 17.6 Å². The molecule has 0 radical (unpaired) electrons. The van der Waals surface area contributed by atoms with E-state index in [9.17, 15) is 17.6 Å². The number of halogens is 1. The van der Waals surface area contributed by atoms with Crippen LogP contribution in [0.4, 0.5) is 4.39 Å². The van der Waals surface area contributed by atoms with Crippen LogP contribution in [0.25, 0.3) is 0 Å². The summed E-state index contributed by atoms with van der Waals surface area (Å²) in [5.74, 6) is -0.740. The Morgan fingerprint density at radius 1 is 1.15 bits per heavy atom. The van der Waals surface area contributed by atoms with Gasteiger partial charge in [-0.15, -0.1) is 0 Å². The number of sulfonamides is 1. The molecule has 0 spiro atoms. The van der Waals surface area contributed by atoms with Crippen molar-refractivity contribution in [1.29, 1.82) is 0 Å². The molecule has 2 N–H and O–H groups in total. The van der Waals surface area contributed by atoms with E-state index in [0.717, 1.165) is 0 Å². The highest BCUT2D eigenvalue weighted by Crippen LogP contribution is 2.26. The third-order valence-corrected chi connectivity index (χ3v) is 5.28. The highest BCUT2D eigenvalue weighted by Gasteiger charge is 2.26. The molecule has 0 aliphatic rings. The molecule has 1 amide bonds. The van der Waals surface area contributed by atoms with E-state index in [1.54, 1.807) is 32.9 Å². The lowest BCUT2D eigenvalue weighted by molar-refractivity contribution is 0.0950. The molecule has 0 fully saturated rings. The molecular weight excluding hydrogens is 371 g/mol. The molecule has 2 aromatic rings. The molecule has 27 heavy (non-hydrogen) atoms. The van der Waals surface area contributed by atoms with Gasteiger partial charge in [-0.2, -0.15) is 0 Å². The number of carbonyl (C=O) groups is 1. The van der Waals surface area contributed by atoms with Crippen molar-refractivity contribution in [3.05, 3.63) is 59.4 Å². The predicted molar refractivity (Wildman–Crippen MR) is 101 cm³/mol. The molecule has 0 unspecified atom stereocenters. The Labute approximate surface area is 158 Å². The van der Waals surface area contributed by atoms with Gasteiger partial charge in [0.15, 0.2) is 0 Å². The molecule has 6 nitrogen and oxygen atoms in total. The smallest absolute Gasteiger partial charge is 0.251 e. The number of carbonyl (C=O) groups excluding carboxylic acids is 1. The molecule has 0 heterocycles. The van der Waals surface area contributed by atoms with E-state index in [1.165, 1.54) is 37.4 Å². The first-order valence-corrected chi connectivity index (χ1v) is 9.75. The predicted octanol–water partition coefficient (Wildman–Crippen LogP) is 2.84. The van der Waals surface area contributed by atoms with E-state index >= 15 is 0 Å². The fourth-order valence-electron chi connectivity index (χ4n) is 2.42. The second kappa shape index (κ2) is 8.06. The number of hydrogen-bond acceptors (Lipinski definition) is 4. The maximum absolute atomic E-state index is 13.2. The number of nitrogens with one attached hydrogen (secondary N) is 2. The third-order valence-electron chi connectivity index (χ3n) is 3.50. The Morgan fingerprint density at radius 2 is 1.85 bits per heavy atom. The Balaban J connectivity index is 2.26. The summed E-state index contributed by atoms with van der Waals surface area (Å²) in [4.78, 5) is 12.3. The molecule has 0 bridgehead atoms. The number of amides is 1. The summed E-state index contributed by atoms with van der Waals surface area (Å²) in [5.41, 5.74) is 0.0556. The highest BCUT2D eigenvalue weighted by atomic mass is 32.2. The molecule has 0 saturated carbocycles. The topological polar surface area (TPSA) is 84.5 Å². The lowest BCUT2D eigenvalue weighted by Crippen LogP contribution is -2.40. The molecule has 146 valence electrons. The first kappa shape index (κ1) is 20.9. The number of ether oxygens (including phenoxy) is 1. The van der Waals surface area contributed by atoms with Gasteiger partial charge in [-0.3, -0.25) is 4.79 Å². The highest BCUT2D eigenvalue weighted by molar-refractivity contribution is 7.89. The monoisotopic (exact) mass is 394 g/mol. The van der Waals surface area contributed by atoms with Gasteiger partial charge >= 0.3 is 0 Å². The largest absolute Gasteiger partial charge is 0.495 e. The van der Waals surface area contributed by atoms with E-state index in [-0.39, 0.29) is 22.8 Å². The molecule has 8 heteroatoms. The lowest BCUT2D eigenvalue weighted by Gasteiger charge is -2.21. The summed E-state index contributed by atoms with van der Waals surface area (Å²) < 4.78 is 46.2. The zero-order valence-electron chi connectivity index (χ0n) is 15.7. The fraction of sp³-hybridized carbons (Fsp3) is 0.316. The van der Waals surface area contributed by atoms with E-state index in [2.05, 4.69) is 10.0 Å². The van der Waals surface area contributed by atoms with Gasteiger partial charge in [-0.05, 0) is 56.7 Å². The van der Waals surface area contributed by atoms with Gasteiger partial charge in [0.25, 0.3) is 5.91 Å². The van der Waals surface area contributed by atoms with Crippen LogP contribution < -0.4 is 14.8 Å². The summed E-state index contributed by atoms with van der Waals surface area (Å²) in [6.07, 6.45) is 0. The summed E-state index contributed by atoms with van der Waals surface area (Å²) >= 11 is 0. The first-order valence-electron chi connectivity index (χ1n) is 8.26. The Morgan fingerprint density at radius 3 is 2.44 bits per heavy atom. The van der Waals surface area contributed by atoms with Crippen LogP contribution in [-0.4, -0.2) is 27.0 Å². The minimum atomic E-state index is -3.89. The minimum Gasteiger partial charge on any atom is -0.495 e. The minimum absolute atomic E-state index is 0.116. The van der Waals surface area contributed by atoms with Gasteiger partial charge in [-0.1, -0.05) is 12.1 Å². The molecule has 0 aliphatic heterocycles. The molecule has 0 saturated heterocycles. The van der Waals surface area contributed by atoms with Crippen molar-refractivity contribution in [1.82, 2.24) is 10.0 Å². The van der Waals surface area contributed by atoms with Crippen LogP contribution in [0.15, 0.2) is 47.4 Å². The zero-order valence-corrected chi connectivity index (χ0v) is 16.5. The van der Waals surface area contributed by atoms with Gasteiger partial charge in [0.05, 0.1) is 7.11 Å². The van der Waals surface area contributed by atoms with Gasteiger partial charge < -0.3 is 10.1 Å². The molecule has 0 aliphatic carbocycles. The number of benzene rings is 2. The molecule has 2 rings (SSSR count). The van der Waals surface area contributed by atoms with Gasteiger partial charge in [-0.25, -0.2) is 17.5 Å². The van der Waals surface area contributed by atoms with E-state index in [0.29, 0.717) is 5.56 Å². The first-order chi connectivity index (χ1) is 12.5. The average molecular weight is 394 g/mol. The summed E-state index contributed by atoms with van der Waals surface area (Å²) in [6, 6.07) is 10.0. The van der Waals surface area contributed by atoms with Crippen molar-refractivity contribution in [2.24, 2.45) is 0 Å². The SMILES string of the molecule is COc1ccc(C(=O)NCc2cccc(F)c2)cc1S(=O)(=O)NC(C)(C)C. The van der Waals surface area contributed by atoms with Crippen molar-refractivity contribution in [2.75, 3.05) is 7.11 Å². The van der Waals surface area contributed by atoms with E-state index in [4.69, 9.17) is 4.74 Å². The molecule has 2 aromatic carbocycles. The average Bonchev–Trinajstić information content (AvgIpc) is 2.57. The van der Waals surface area contributed by atoms with Crippen molar-refractivity contribution in [2.45, 2.75) is 37.8 Å². The van der Waals surface area contributed by atoms with Crippen LogP contribution in [0.1, 0.15) is 36.7 Å². The summed E-state index contributed by atoms with van der Waals surface area (Å²) in [5, 5.41) is 2.65. The van der Waals surface area contributed by atoms with Crippen LogP contribution in [0.2, 0.25) is 0 Å². The lowest BCUT2D eigenvalue weighted by atomic mass is 10.1. The van der Waals surface area contributed by atoms with Crippen LogP contribution in [0.3, 0.4) is 0 Å². The molecular formula is C19H23FN2O4S. The van der Waals surface area contributed by atoms with Crippen molar-refractivity contribution in [3.8, 4) is 5.75 Å². The molecule has 0 atom stereocenters. The Hall–Kier alpha value is -2.45. The van der Waals surface area contributed by atoms with E-state index in [1.807, 2.05) is 0 Å². The van der Waals surface area contributed by atoms with Crippen LogP contribution in [-0.2, 0) is 16.6 Å².